The summed E-state index contributed by atoms with van der Waals surface area (Å²) in [5.74, 6) is -0.543. The van der Waals surface area contributed by atoms with Gasteiger partial charge in [0.05, 0.1) is 23.9 Å². The molecule has 0 bridgehead atoms. The lowest BCUT2D eigenvalue weighted by atomic mass is 10.1. The highest BCUT2D eigenvalue weighted by molar-refractivity contribution is 7.92. The molecule has 1 aromatic carbocycles. The van der Waals surface area contributed by atoms with Crippen molar-refractivity contribution >= 4 is 38.4 Å². The molecule has 3 aromatic rings. The lowest BCUT2D eigenvalue weighted by molar-refractivity contribution is 0.00706. The Morgan fingerprint density at radius 2 is 1.94 bits per heavy atom. The Morgan fingerprint density at radius 1 is 1.21 bits per heavy atom. The average molecular weight is 493 g/mol. The van der Waals surface area contributed by atoms with Crippen molar-refractivity contribution < 1.29 is 28.3 Å². The molecule has 174 valence electrons. The molecule has 2 saturated heterocycles. The highest BCUT2D eigenvalue weighted by atomic mass is 35.5. The lowest BCUT2D eigenvalue weighted by Crippen LogP contribution is -2.34. The van der Waals surface area contributed by atoms with Crippen molar-refractivity contribution in [1.29, 1.82) is 0 Å². The summed E-state index contributed by atoms with van der Waals surface area (Å²) in [4.78, 5) is 24.1. The lowest BCUT2D eigenvalue weighted by Gasteiger charge is -2.15. The van der Waals surface area contributed by atoms with E-state index >= 15 is 0 Å². The number of carbonyl (C=O) groups is 1. The van der Waals surface area contributed by atoms with Gasteiger partial charge in [-0.15, -0.1) is 0 Å². The fourth-order valence-corrected chi connectivity index (χ4v) is 4.62. The molecule has 2 N–H and O–H groups in total. The highest BCUT2D eigenvalue weighted by Crippen LogP contribution is 2.32. The van der Waals surface area contributed by atoms with Gasteiger partial charge in [0.1, 0.15) is 23.8 Å². The van der Waals surface area contributed by atoms with Crippen molar-refractivity contribution in [1.82, 2.24) is 15.0 Å². The molecule has 2 aliphatic heterocycles. The summed E-state index contributed by atoms with van der Waals surface area (Å²) >= 11 is 6.45. The Morgan fingerprint density at radius 3 is 2.67 bits per heavy atom. The molecule has 4 heterocycles. The van der Waals surface area contributed by atoms with Crippen molar-refractivity contribution in [2.45, 2.75) is 24.4 Å². The molecular formula is C21H21ClN4O6S. The van der Waals surface area contributed by atoms with Crippen LogP contribution in [0, 0.1) is 0 Å². The largest absolute Gasteiger partial charge is 0.456 e. The van der Waals surface area contributed by atoms with Crippen LogP contribution in [0.4, 0.5) is 0 Å². The van der Waals surface area contributed by atoms with Gasteiger partial charge in [0.25, 0.3) is 11.9 Å². The number of benzene rings is 1. The van der Waals surface area contributed by atoms with Crippen molar-refractivity contribution in [3.63, 3.8) is 0 Å². The third-order valence-corrected chi connectivity index (χ3v) is 6.25. The third kappa shape index (κ3) is 4.46. The minimum absolute atomic E-state index is 0.212. The van der Waals surface area contributed by atoms with Crippen LogP contribution in [0.2, 0.25) is 5.02 Å². The van der Waals surface area contributed by atoms with Crippen molar-refractivity contribution in [2.75, 3.05) is 25.7 Å². The Hall–Kier alpha value is -2.57. The van der Waals surface area contributed by atoms with Crippen LogP contribution in [0.25, 0.3) is 22.4 Å². The van der Waals surface area contributed by atoms with E-state index in [0.717, 1.165) is 0 Å². The van der Waals surface area contributed by atoms with Crippen LogP contribution >= 0.6 is 11.6 Å². The molecule has 0 radical (unpaired) electrons. The number of aliphatic hydroxyl groups is 1. The van der Waals surface area contributed by atoms with Crippen LogP contribution in [-0.4, -0.2) is 80.3 Å². The first-order valence-electron chi connectivity index (χ1n) is 10.1. The number of aromatic amines is 1. The fourth-order valence-electron chi connectivity index (χ4n) is 3.86. The van der Waals surface area contributed by atoms with Gasteiger partial charge in [-0.05, 0) is 18.2 Å². The normalized spacial score (nSPS) is 24.7. The summed E-state index contributed by atoms with van der Waals surface area (Å²) < 4.78 is 32.5. The third-order valence-electron chi connectivity index (χ3n) is 5.36. The number of rotatable bonds is 4. The zero-order valence-electron chi connectivity index (χ0n) is 17.7. The Kier molecular flexibility index (Phi) is 5.61. The molecule has 12 heteroatoms. The molecule has 4 atom stereocenters. The van der Waals surface area contributed by atoms with E-state index in [1.54, 1.807) is 30.3 Å². The second-order valence-electron chi connectivity index (χ2n) is 8.20. The smallest absolute Gasteiger partial charge is 0.296 e. The average Bonchev–Trinajstić information content (AvgIpc) is 3.43. The number of carbonyl (C=O) groups excluding carboxylic acids is 1. The van der Waals surface area contributed by atoms with Gasteiger partial charge >= 0.3 is 0 Å². The molecule has 1 unspecified atom stereocenters. The summed E-state index contributed by atoms with van der Waals surface area (Å²) in [6.07, 6.45) is 0.986. The quantitative estimate of drug-likeness (QED) is 0.564. The first-order valence-corrected chi connectivity index (χ1v) is 12.8. The molecule has 0 saturated carbocycles. The molecule has 2 aliphatic rings. The predicted octanol–water partition coefficient (Wildman–Crippen LogP) is 2.05. The van der Waals surface area contributed by atoms with Crippen LogP contribution in [0.5, 0.6) is 6.01 Å². The van der Waals surface area contributed by atoms with Crippen LogP contribution in [0.1, 0.15) is 10.4 Å². The van der Waals surface area contributed by atoms with Gasteiger partial charge in [0, 0.05) is 33.4 Å². The Balaban J connectivity index is 1.38. The van der Waals surface area contributed by atoms with E-state index in [1.165, 1.54) is 12.5 Å². The van der Waals surface area contributed by atoms with Crippen LogP contribution in [-0.2, 0) is 19.2 Å². The summed E-state index contributed by atoms with van der Waals surface area (Å²) in [5, 5.41) is 10.2. The first-order chi connectivity index (χ1) is 15.7. The molecule has 0 aliphatic carbocycles. The van der Waals surface area contributed by atoms with Crippen molar-refractivity contribution in [3.8, 4) is 17.3 Å². The topological polar surface area (TPSA) is 136 Å². The first kappa shape index (κ1) is 22.2. The summed E-state index contributed by atoms with van der Waals surface area (Å²) in [7, 11) is -2.54. The zero-order valence-corrected chi connectivity index (χ0v) is 19.3. The number of nitrogens with zero attached hydrogens (tertiary/aromatic N) is 3. The second-order valence-corrected chi connectivity index (χ2v) is 11.2. The number of pyridine rings is 1. The zero-order chi connectivity index (χ0) is 23.3. The van der Waals surface area contributed by atoms with Crippen molar-refractivity contribution in [2.24, 2.45) is 4.36 Å². The fraction of sp³-hybridized carbons (Fsp3) is 0.381. The van der Waals surface area contributed by atoms with Gasteiger partial charge in [0.2, 0.25) is 0 Å². The summed E-state index contributed by atoms with van der Waals surface area (Å²) in [5.41, 5.74) is 2.49. The Bertz CT molecular complexity index is 1340. The van der Waals surface area contributed by atoms with E-state index in [2.05, 4.69) is 19.3 Å². The van der Waals surface area contributed by atoms with Gasteiger partial charge < -0.3 is 19.3 Å². The maximum absolute atomic E-state index is 12.1. The molecule has 33 heavy (non-hydrogen) atoms. The molecule has 10 nitrogen and oxygen atoms in total. The van der Waals surface area contributed by atoms with Crippen LogP contribution in [0.15, 0.2) is 34.7 Å². The highest BCUT2D eigenvalue weighted by Gasteiger charge is 2.48. The van der Waals surface area contributed by atoms with E-state index in [1.807, 2.05) is 0 Å². The maximum atomic E-state index is 12.1. The Labute approximate surface area is 194 Å². The van der Waals surface area contributed by atoms with Crippen LogP contribution < -0.4 is 4.74 Å². The summed E-state index contributed by atoms with van der Waals surface area (Å²) in [6, 6.07) is 8.48. The number of imidazole rings is 1. The molecule has 5 rings (SSSR count). The molecular weight excluding hydrogens is 472 g/mol. The van der Waals surface area contributed by atoms with E-state index in [-0.39, 0.29) is 25.3 Å². The molecule has 1 amide bonds. The SMILES string of the molecule is CS(C)(=O)=NC(=O)c1ccc(-c2nc3[nH]c(O[C@@H]4COC5[C@H](O)CO[C@@H]54)nc3cc2Cl)cc1. The number of fused-ring (bicyclic) bond motifs is 2. The maximum Gasteiger partial charge on any atom is 0.296 e. The molecule has 2 aromatic heterocycles. The molecule has 0 spiro atoms. The number of halogens is 1. The van der Waals surface area contributed by atoms with Gasteiger partial charge in [-0.25, -0.2) is 9.19 Å². The number of hydrogen-bond donors (Lipinski definition) is 2. The van der Waals surface area contributed by atoms with Crippen molar-refractivity contribution in [3.05, 3.63) is 40.9 Å². The van der Waals surface area contributed by atoms with Crippen LogP contribution in [0.3, 0.4) is 0 Å². The van der Waals surface area contributed by atoms with Gasteiger partial charge in [-0.1, -0.05) is 23.7 Å². The second kappa shape index (κ2) is 8.33. The number of aliphatic hydroxyl groups excluding tert-OH is 1. The minimum Gasteiger partial charge on any atom is -0.456 e. The van der Waals surface area contributed by atoms with E-state index in [9.17, 15) is 14.1 Å². The predicted molar refractivity (Wildman–Crippen MR) is 121 cm³/mol. The number of H-pyrrole nitrogens is 1. The van der Waals surface area contributed by atoms with Gasteiger partial charge in [-0.2, -0.15) is 9.35 Å². The molecule has 2 fully saturated rings. The minimum atomic E-state index is -2.54. The van der Waals surface area contributed by atoms with Gasteiger partial charge in [-0.3, -0.25) is 9.78 Å². The standard InChI is InChI=1S/C21H21ClN4O6S/c1-33(2,29)26-20(28)11-5-3-10(4-6-11)16-12(22)7-13-19(24-16)25-21(23-13)32-15-9-31-17-14(27)8-30-18(15)17/h3-7,14-15,17-18,27H,8-9H2,1-2H3,(H,23,24,25)/t14-,15-,17?,18-/m1/s1. The number of hydrogen-bond acceptors (Lipinski definition) is 8. The number of nitrogens with one attached hydrogen (secondary N) is 1. The number of ether oxygens (including phenoxy) is 3. The van der Waals surface area contributed by atoms with E-state index in [0.29, 0.717) is 33.0 Å². The summed E-state index contributed by atoms with van der Waals surface area (Å²) in [6.45, 7) is 0.495. The van der Waals surface area contributed by atoms with E-state index in [4.69, 9.17) is 25.8 Å². The number of amides is 1. The van der Waals surface area contributed by atoms with Gasteiger partial charge in [0.15, 0.2) is 11.8 Å². The van der Waals surface area contributed by atoms with E-state index < -0.39 is 33.9 Å². The monoisotopic (exact) mass is 492 g/mol. The number of aromatic nitrogens is 3.